The maximum absolute atomic E-state index is 14.8. The van der Waals surface area contributed by atoms with Crippen molar-refractivity contribution in [1.82, 2.24) is 20.2 Å². The molecule has 2 aliphatic rings. The highest BCUT2D eigenvalue weighted by atomic mass is 79.9. The number of halogens is 3. The third-order valence-corrected chi connectivity index (χ3v) is 10.3. The number of amides is 1. The predicted molar refractivity (Wildman–Crippen MR) is 144 cm³/mol. The maximum atomic E-state index is 14.8. The Kier molecular flexibility index (Phi) is 7.25. The number of hydrogen-bond acceptors (Lipinski definition) is 7. The number of likely N-dealkylation sites (tertiary alicyclic amines) is 1. The van der Waals surface area contributed by atoms with Crippen molar-refractivity contribution in [2.45, 2.75) is 41.5 Å². The van der Waals surface area contributed by atoms with Gasteiger partial charge < -0.3 is 10.0 Å². The number of pyridine rings is 2. The molecule has 1 amide bonds. The molecule has 2 aliphatic heterocycles. The van der Waals surface area contributed by atoms with Crippen molar-refractivity contribution in [2.24, 2.45) is 0 Å². The third-order valence-electron chi connectivity index (χ3n) is 7.22. The van der Waals surface area contributed by atoms with Crippen LogP contribution in [0.1, 0.15) is 24.2 Å². The third kappa shape index (κ3) is 4.83. The van der Waals surface area contributed by atoms with Crippen molar-refractivity contribution in [3.05, 3.63) is 75.5 Å². The summed E-state index contributed by atoms with van der Waals surface area (Å²) in [6, 6.07) is 7.90. The van der Waals surface area contributed by atoms with Gasteiger partial charge in [-0.1, -0.05) is 17.7 Å². The molecule has 39 heavy (non-hydrogen) atoms. The Morgan fingerprint density at radius 3 is 2.51 bits per heavy atom. The van der Waals surface area contributed by atoms with Crippen LogP contribution in [0.3, 0.4) is 0 Å². The van der Waals surface area contributed by atoms with E-state index in [1.165, 1.54) is 24.4 Å². The number of carbonyl (C=O) groups excluding carboxylic acids is 1. The molecular formula is C26H23BrClFN4O5S. The first-order valence-corrected chi connectivity index (χ1v) is 14.7. The van der Waals surface area contributed by atoms with Gasteiger partial charge in [-0.3, -0.25) is 20.1 Å². The van der Waals surface area contributed by atoms with E-state index < -0.39 is 44.4 Å². The summed E-state index contributed by atoms with van der Waals surface area (Å²) in [5.41, 5.74) is 0.538. The molecule has 1 aromatic carbocycles. The summed E-state index contributed by atoms with van der Waals surface area (Å²) in [5.74, 6) is -2.83. The maximum Gasteiger partial charge on any atom is 0.326 e. The number of hydrogen-bond donors (Lipinski definition) is 2. The first-order valence-electron chi connectivity index (χ1n) is 12.0. The van der Waals surface area contributed by atoms with Gasteiger partial charge in [0, 0.05) is 29.1 Å². The summed E-state index contributed by atoms with van der Waals surface area (Å²) in [6.07, 6.45) is 2.83. The van der Waals surface area contributed by atoms with Gasteiger partial charge in [-0.25, -0.2) is 17.6 Å². The molecule has 3 aromatic rings. The van der Waals surface area contributed by atoms with E-state index in [1.54, 1.807) is 18.3 Å². The Morgan fingerprint density at radius 2 is 1.92 bits per heavy atom. The smallest absolute Gasteiger partial charge is 0.326 e. The lowest BCUT2D eigenvalue weighted by molar-refractivity contribution is -0.153. The molecule has 13 heteroatoms. The molecule has 0 bridgehead atoms. The number of sulfone groups is 1. The molecule has 1 unspecified atom stereocenters. The van der Waals surface area contributed by atoms with E-state index in [1.807, 2.05) is 13.0 Å². The number of rotatable bonds is 6. The molecule has 0 radical (unpaired) electrons. The van der Waals surface area contributed by atoms with Gasteiger partial charge in [0.05, 0.1) is 15.2 Å². The summed E-state index contributed by atoms with van der Waals surface area (Å²) in [7, 11) is -4.14. The van der Waals surface area contributed by atoms with Crippen LogP contribution in [-0.4, -0.2) is 64.6 Å². The summed E-state index contributed by atoms with van der Waals surface area (Å²) in [4.78, 5) is 35.0. The van der Waals surface area contributed by atoms with Crippen molar-refractivity contribution in [2.75, 3.05) is 13.1 Å². The number of aliphatic carboxylic acids is 1. The van der Waals surface area contributed by atoms with E-state index in [0.717, 1.165) is 16.2 Å². The van der Waals surface area contributed by atoms with Crippen molar-refractivity contribution in [1.29, 1.82) is 0 Å². The second kappa shape index (κ2) is 10.2. The lowest BCUT2D eigenvalue weighted by atomic mass is 9.82. The molecule has 2 saturated heterocycles. The largest absolute Gasteiger partial charge is 0.480 e. The molecule has 5 rings (SSSR count). The predicted octanol–water partition coefficient (Wildman–Crippen LogP) is 3.72. The Bertz CT molecular complexity index is 1600. The highest BCUT2D eigenvalue weighted by Gasteiger charge is 2.55. The average molecular weight is 638 g/mol. The van der Waals surface area contributed by atoms with Gasteiger partial charge in [0.1, 0.15) is 23.1 Å². The van der Waals surface area contributed by atoms with E-state index in [-0.39, 0.29) is 35.0 Å². The van der Waals surface area contributed by atoms with Gasteiger partial charge in [0.25, 0.3) is 0 Å². The van der Waals surface area contributed by atoms with Gasteiger partial charge in [0.15, 0.2) is 9.84 Å². The van der Waals surface area contributed by atoms with Gasteiger partial charge in [-0.05, 0) is 83.7 Å². The van der Waals surface area contributed by atoms with Crippen molar-refractivity contribution >= 4 is 49.2 Å². The number of nitrogens with one attached hydrogen (secondary N) is 1. The molecule has 4 heterocycles. The molecule has 0 saturated carbocycles. The first kappa shape index (κ1) is 27.6. The number of carbonyl (C=O) groups is 2. The fourth-order valence-electron chi connectivity index (χ4n) is 5.13. The second-order valence-electron chi connectivity index (χ2n) is 9.61. The molecular weight excluding hydrogens is 615 g/mol. The molecule has 3 atom stereocenters. The van der Waals surface area contributed by atoms with Crippen LogP contribution in [0, 0.1) is 12.7 Å². The zero-order valence-corrected chi connectivity index (χ0v) is 23.7. The quantitative estimate of drug-likeness (QED) is 0.419. The first-order chi connectivity index (χ1) is 18.4. The molecule has 0 spiro atoms. The summed E-state index contributed by atoms with van der Waals surface area (Å²) < 4.78 is 42.6. The lowest BCUT2D eigenvalue weighted by Gasteiger charge is -2.44. The number of carboxylic acid groups (broad SMARTS) is 1. The second-order valence-corrected chi connectivity index (χ2v) is 13.1. The van der Waals surface area contributed by atoms with Crippen LogP contribution < -0.4 is 5.32 Å². The number of carboxylic acids is 1. The van der Waals surface area contributed by atoms with Gasteiger partial charge in [0.2, 0.25) is 5.91 Å². The summed E-state index contributed by atoms with van der Waals surface area (Å²) in [5, 5.41) is 11.6. The monoisotopic (exact) mass is 636 g/mol. The Balaban J connectivity index is 1.46. The molecule has 2 aromatic heterocycles. The molecule has 2 fully saturated rings. The molecule has 9 nitrogen and oxygen atoms in total. The summed E-state index contributed by atoms with van der Waals surface area (Å²) >= 11 is 9.58. The minimum atomic E-state index is -4.14. The van der Waals surface area contributed by atoms with Crippen LogP contribution in [0.5, 0.6) is 0 Å². The lowest BCUT2D eigenvalue weighted by Crippen LogP contribution is -2.65. The zero-order chi connectivity index (χ0) is 28.1. The SMILES string of the molecule is Cc1cc(-c2ccc(S(=O)(=O)[C@@H]3C[C@@H](C(=O)O)N(C(=O)C4(c5ncc(Br)cc5F)CCN4)C3)c(Cl)c2)ccn1. The van der Waals surface area contributed by atoms with Crippen LogP contribution in [0.2, 0.25) is 5.02 Å². The van der Waals surface area contributed by atoms with Crippen LogP contribution in [0.4, 0.5) is 4.39 Å². The standard InChI is InChI=1S/C26H23BrClFN4O5S/c1-14-8-16(4-6-30-14)15-2-3-22(19(28)9-15)39(37,38)18-11-21(24(34)35)33(13-18)25(36)26(5-7-32-26)23-20(29)10-17(27)12-31-23/h2-4,6,8-10,12,18,21,32H,5,7,11,13H2,1H3,(H,34,35)/t18-,21+,26?/m1/s1. The topological polar surface area (TPSA) is 130 Å². The van der Waals surface area contributed by atoms with Crippen molar-refractivity contribution in [3.63, 3.8) is 0 Å². The van der Waals surface area contributed by atoms with E-state index in [0.29, 0.717) is 16.6 Å². The Morgan fingerprint density at radius 1 is 1.21 bits per heavy atom. The fourth-order valence-corrected chi connectivity index (χ4v) is 7.68. The van der Waals surface area contributed by atoms with Crippen LogP contribution in [0.25, 0.3) is 11.1 Å². The number of nitrogens with zero attached hydrogens (tertiary/aromatic N) is 3. The highest BCUT2D eigenvalue weighted by Crippen LogP contribution is 2.39. The van der Waals surface area contributed by atoms with Crippen LogP contribution in [-0.2, 0) is 25.0 Å². The van der Waals surface area contributed by atoms with Gasteiger partial charge in [-0.15, -0.1) is 0 Å². The van der Waals surface area contributed by atoms with E-state index in [9.17, 15) is 27.5 Å². The Labute approximate surface area is 237 Å². The fraction of sp³-hybridized carbons (Fsp3) is 0.308. The van der Waals surface area contributed by atoms with Crippen molar-refractivity contribution in [3.8, 4) is 11.1 Å². The highest BCUT2D eigenvalue weighted by molar-refractivity contribution is 9.10. The van der Waals surface area contributed by atoms with E-state index in [2.05, 4.69) is 31.2 Å². The van der Waals surface area contributed by atoms with Crippen LogP contribution in [0.15, 0.2) is 58.2 Å². The normalized spacial score (nSPS) is 22.9. The minimum Gasteiger partial charge on any atom is -0.480 e. The average Bonchev–Trinajstić information content (AvgIpc) is 3.31. The van der Waals surface area contributed by atoms with Crippen LogP contribution >= 0.6 is 27.5 Å². The van der Waals surface area contributed by atoms with Crippen molar-refractivity contribution < 1.29 is 27.5 Å². The number of aromatic nitrogens is 2. The minimum absolute atomic E-state index is 0.0168. The zero-order valence-electron chi connectivity index (χ0n) is 20.6. The van der Waals surface area contributed by atoms with E-state index >= 15 is 0 Å². The number of benzene rings is 1. The van der Waals surface area contributed by atoms with E-state index in [4.69, 9.17) is 11.6 Å². The van der Waals surface area contributed by atoms with Gasteiger partial charge in [-0.2, -0.15) is 0 Å². The molecule has 204 valence electrons. The Hall–Kier alpha value is -2.93. The summed E-state index contributed by atoms with van der Waals surface area (Å²) in [6.45, 7) is 1.83. The number of aryl methyl sites for hydroxylation is 1. The van der Waals surface area contributed by atoms with Gasteiger partial charge >= 0.3 is 5.97 Å². The molecule has 2 N–H and O–H groups in total. The molecule has 0 aliphatic carbocycles.